The molecule has 0 atom stereocenters. The van der Waals surface area contributed by atoms with Crippen molar-refractivity contribution in [1.82, 2.24) is 5.32 Å². The number of anilines is 1. The lowest BCUT2D eigenvalue weighted by Gasteiger charge is -2.09. The predicted octanol–water partition coefficient (Wildman–Crippen LogP) is 3.76. The Bertz CT molecular complexity index is 767. The number of hydrogen-bond acceptors (Lipinski definition) is 5. The maximum absolute atomic E-state index is 11.8. The Morgan fingerprint density at radius 2 is 2.00 bits per heavy atom. The molecule has 0 saturated heterocycles. The standard InChI is InChI=1S/C19H20N2O4S/c1-2-3-12-25-18(23)14-6-8-15(9-7-14)20-19(26)21-17(22)11-10-16-5-4-13-24-16/h4-11,13H,2-3,12H2,1H3,(H2,20,21,22,26). The van der Waals surface area contributed by atoms with Crippen LogP contribution in [0.3, 0.4) is 0 Å². The minimum Gasteiger partial charge on any atom is -0.465 e. The summed E-state index contributed by atoms with van der Waals surface area (Å²) in [4.78, 5) is 23.6. The van der Waals surface area contributed by atoms with Crippen LogP contribution in [0.4, 0.5) is 5.69 Å². The molecule has 0 spiro atoms. The minimum atomic E-state index is -0.380. The Kier molecular flexibility index (Phi) is 7.57. The van der Waals surface area contributed by atoms with Gasteiger partial charge in [0.05, 0.1) is 18.4 Å². The van der Waals surface area contributed by atoms with Crippen LogP contribution in [0.1, 0.15) is 35.9 Å². The van der Waals surface area contributed by atoms with E-state index in [4.69, 9.17) is 21.4 Å². The molecule has 2 aromatic rings. The molecule has 1 amide bonds. The van der Waals surface area contributed by atoms with Gasteiger partial charge in [-0.3, -0.25) is 10.1 Å². The quantitative estimate of drug-likeness (QED) is 0.333. The van der Waals surface area contributed by atoms with Crippen molar-refractivity contribution in [3.63, 3.8) is 0 Å². The molecule has 2 N–H and O–H groups in total. The summed E-state index contributed by atoms with van der Waals surface area (Å²) in [6, 6.07) is 10.1. The molecule has 2 rings (SSSR count). The molecular weight excluding hydrogens is 352 g/mol. The lowest BCUT2D eigenvalue weighted by molar-refractivity contribution is -0.115. The number of ether oxygens (including phenoxy) is 1. The number of carbonyl (C=O) groups excluding carboxylic acids is 2. The number of thiocarbonyl (C=S) groups is 1. The van der Waals surface area contributed by atoms with E-state index < -0.39 is 0 Å². The van der Waals surface area contributed by atoms with Crippen molar-refractivity contribution in [3.05, 3.63) is 60.1 Å². The zero-order chi connectivity index (χ0) is 18.8. The summed E-state index contributed by atoms with van der Waals surface area (Å²) in [7, 11) is 0. The van der Waals surface area contributed by atoms with Crippen molar-refractivity contribution < 1.29 is 18.7 Å². The molecule has 1 aromatic carbocycles. The van der Waals surface area contributed by atoms with Crippen molar-refractivity contribution in [3.8, 4) is 0 Å². The topological polar surface area (TPSA) is 80.6 Å². The second kappa shape index (κ2) is 10.1. The fraction of sp³-hybridized carbons (Fsp3) is 0.211. The summed E-state index contributed by atoms with van der Waals surface area (Å²) in [5.41, 5.74) is 1.11. The fourth-order valence-electron chi connectivity index (χ4n) is 1.94. The van der Waals surface area contributed by atoms with Crippen molar-refractivity contribution >= 4 is 41.0 Å². The van der Waals surface area contributed by atoms with E-state index in [2.05, 4.69) is 10.6 Å². The van der Waals surface area contributed by atoms with Crippen LogP contribution in [0.15, 0.2) is 53.2 Å². The summed E-state index contributed by atoms with van der Waals surface area (Å²) in [6.07, 6.45) is 6.19. The second-order valence-electron chi connectivity index (χ2n) is 5.36. The molecule has 1 heterocycles. The number of rotatable bonds is 7. The molecule has 0 bridgehead atoms. The first-order valence-electron chi connectivity index (χ1n) is 8.19. The average Bonchev–Trinajstić information content (AvgIpc) is 3.14. The van der Waals surface area contributed by atoms with Gasteiger partial charge >= 0.3 is 5.97 Å². The Hall–Kier alpha value is -2.93. The third-order valence-electron chi connectivity index (χ3n) is 3.29. The van der Waals surface area contributed by atoms with E-state index in [1.54, 1.807) is 36.4 Å². The van der Waals surface area contributed by atoms with E-state index in [9.17, 15) is 9.59 Å². The molecule has 0 unspecified atom stereocenters. The van der Waals surface area contributed by atoms with Crippen molar-refractivity contribution in [2.45, 2.75) is 19.8 Å². The normalized spacial score (nSPS) is 10.5. The van der Waals surface area contributed by atoms with Gasteiger partial charge < -0.3 is 14.5 Å². The van der Waals surface area contributed by atoms with Crippen LogP contribution < -0.4 is 10.6 Å². The zero-order valence-corrected chi connectivity index (χ0v) is 15.2. The van der Waals surface area contributed by atoms with E-state index in [-0.39, 0.29) is 17.0 Å². The summed E-state index contributed by atoms with van der Waals surface area (Å²) < 4.78 is 10.2. The number of amides is 1. The highest BCUT2D eigenvalue weighted by Gasteiger charge is 2.07. The van der Waals surface area contributed by atoms with E-state index in [1.165, 1.54) is 18.4 Å². The largest absolute Gasteiger partial charge is 0.465 e. The number of benzene rings is 1. The molecule has 0 aliphatic rings. The van der Waals surface area contributed by atoms with E-state index in [1.807, 2.05) is 6.92 Å². The molecule has 7 heteroatoms. The molecular formula is C19H20N2O4S. The molecule has 0 radical (unpaired) electrons. The lowest BCUT2D eigenvalue weighted by atomic mass is 10.2. The molecule has 6 nitrogen and oxygen atoms in total. The maximum Gasteiger partial charge on any atom is 0.338 e. The van der Waals surface area contributed by atoms with Gasteiger partial charge in [0.15, 0.2) is 5.11 Å². The molecule has 1 aromatic heterocycles. The van der Waals surface area contributed by atoms with Gasteiger partial charge in [0.2, 0.25) is 5.91 Å². The van der Waals surface area contributed by atoms with Gasteiger partial charge in [0.25, 0.3) is 0 Å². The number of unbranched alkanes of at least 4 members (excludes halogenated alkanes) is 1. The highest BCUT2D eigenvalue weighted by Crippen LogP contribution is 2.11. The zero-order valence-electron chi connectivity index (χ0n) is 14.4. The monoisotopic (exact) mass is 372 g/mol. The van der Waals surface area contributed by atoms with E-state index in [0.29, 0.717) is 23.6 Å². The van der Waals surface area contributed by atoms with Gasteiger partial charge in [-0.05, 0) is 61.1 Å². The van der Waals surface area contributed by atoms with Crippen molar-refractivity contribution in [2.24, 2.45) is 0 Å². The highest BCUT2D eigenvalue weighted by molar-refractivity contribution is 7.80. The summed E-state index contributed by atoms with van der Waals surface area (Å²) in [6.45, 7) is 2.44. The third-order valence-corrected chi connectivity index (χ3v) is 3.49. The molecule has 0 aliphatic heterocycles. The molecule has 0 saturated carbocycles. The van der Waals surface area contributed by atoms with Gasteiger partial charge in [0, 0.05) is 11.8 Å². The Morgan fingerprint density at radius 1 is 1.23 bits per heavy atom. The molecule has 26 heavy (non-hydrogen) atoms. The lowest BCUT2D eigenvalue weighted by Crippen LogP contribution is -2.32. The number of esters is 1. The second-order valence-corrected chi connectivity index (χ2v) is 5.77. The van der Waals surface area contributed by atoms with Gasteiger partial charge in [-0.2, -0.15) is 0 Å². The van der Waals surface area contributed by atoms with Crippen LogP contribution >= 0.6 is 12.2 Å². The molecule has 0 aliphatic carbocycles. The van der Waals surface area contributed by atoms with Crippen molar-refractivity contribution in [1.29, 1.82) is 0 Å². The smallest absolute Gasteiger partial charge is 0.338 e. The van der Waals surface area contributed by atoms with E-state index in [0.717, 1.165) is 12.8 Å². The van der Waals surface area contributed by atoms with Crippen LogP contribution in [0.2, 0.25) is 0 Å². The first-order valence-corrected chi connectivity index (χ1v) is 8.60. The first-order chi connectivity index (χ1) is 12.6. The third kappa shape index (κ3) is 6.52. The summed E-state index contributed by atoms with van der Waals surface area (Å²) in [5, 5.41) is 5.55. The van der Waals surface area contributed by atoms with Gasteiger partial charge in [-0.1, -0.05) is 13.3 Å². The fourth-order valence-corrected chi connectivity index (χ4v) is 2.16. The number of nitrogens with one attached hydrogen (secondary N) is 2. The molecule has 0 fully saturated rings. The van der Waals surface area contributed by atoms with Crippen LogP contribution in [0, 0.1) is 0 Å². The maximum atomic E-state index is 11.8. The van der Waals surface area contributed by atoms with Crippen LogP contribution in [0.25, 0.3) is 6.08 Å². The minimum absolute atomic E-state index is 0.150. The van der Waals surface area contributed by atoms with Crippen LogP contribution in [-0.4, -0.2) is 23.6 Å². The number of hydrogen-bond donors (Lipinski definition) is 2. The Balaban J connectivity index is 1.81. The number of carbonyl (C=O) groups is 2. The van der Waals surface area contributed by atoms with E-state index >= 15 is 0 Å². The first kappa shape index (κ1) is 19.4. The SMILES string of the molecule is CCCCOC(=O)c1ccc(NC(=S)NC(=O)C=Cc2ccco2)cc1. The average molecular weight is 372 g/mol. The van der Waals surface area contributed by atoms with Crippen LogP contribution in [-0.2, 0) is 9.53 Å². The summed E-state index contributed by atoms with van der Waals surface area (Å²) in [5.74, 6) is -0.167. The van der Waals surface area contributed by atoms with Crippen LogP contribution in [0.5, 0.6) is 0 Å². The molecule has 136 valence electrons. The summed E-state index contributed by atoms with van der Waals surface area (Å²) >= 11 is 5.09. The Labute approximate surface area is 157 Å². The van der Waals surface area contributed by atoms with Crippen molar-refractivity contribution in [2.75, 3.05) is 11.9 Å². The highest BCUT2D eigenvalue weighted by atomic mass is 32.1. The predicted molar refractivity (Wildman–Crippen MR) is 104 cm³/mol. The Morgan fingerprint density at radius 3 is 2.65 bits per heavy atom. The van der Waals surface area contributed by atoms with Gasteiger partial charge in [-0.15, -0.1) is 0 Å². The number of furan rings is 1. The van der Waals surface area contributed by atoms with Gasteiger partial charge in [-0.25, -0.2) is 4.79 Å². The van der Waals surface area contributed by atoms with Gasteiger partial charge in [0.1, 0.15) is 5.76 Å².